The summed E-state index contributed by atoms with van der Waals surface area (Å²) in [6, 6.07) is 14.3. The predicted octanol–water partition coefficient (Wildman–Crippen LogP) is 5.28. The molecule has 2 aromatic rings. The van der Waals surface area contributed by atoms with Crippen LogP contribution in [0.2, 0.25) is 0 Å². The van der Waals surface area contributed by atoms with Crippen LogP contribution in [0.5, 0.6) is 0 Å². The second-order valence-electron chi connectivity index (χ2n) is 7.88. The summed E-state index contributed by atoms with van der Waals surface area (Å²) in [6.45, 7) is 4.66. The Morgan fingerprint density at radius 3 is 2.87 bits per heavy atom. The molecule has 30 heavy (non-hydrogen) atoms. The molecule has 2 heterocycles. The zero-order chi connectivity index (χ0) is 20.7. The quantitative estimate of drug-likeness (QED) is 0.696. The van der Waals surface area contributed by atoms with Crippen LogP contribution in [0.15, 0.2) is 71.4 Å². The van der Waals surface area contributed by atoms with Gasteiger partial charge in [-0.3, -0.25) is 10.2 Å². The molecule has 1 unspecified atom stereocenters. The Balaban J connectivity index is 1.54. The van der Waals surface area contributed by atoms with Gasteiger partial charge in [0.2, 0.25) is 4.87 Å². The number of benzene rings is 2. The molecule has 1 amide bonds. The van der Waals surface area contributed by atoms with Crippen LogP contribution in [-0.2, 0) is 9.67 Å². The third-order valence-electron chi connectivity index (χ3n) is 5.59. The molecule has 5 heteroatoms. The first-order chi connectivity index (χ1) is 14.6. The topological polar surface area (TPSA) is 44.7 Å². The summed E-state index contributed by atoms with van der Waals surface area (Å²) in [5, 5.41) is 5.51. The van der Waals surface area contributed by atoms with Gasteiger partial charge in [0, 0.05) is 17.7 Å². The van der Waals surface area contributed by atoms with Crippen molar-refractivity contribution < 1.29 is 4.79 Å². The summed E-state index contributed by atoms with van der Waals surface area (Å²) >= 11 is 1.51. The number of hydrogen-bond acceptors (Lipinski definition) is 4. The second kappa shape index (κ2) is 7.33. The highest BCUT2D eigenvalue weighted by Crippen LogP contribution is 2.51. The lowest BCUT2D eigenvalue weighted by atomic mass is 10.0. The van der Waals surface area contributed by atoms with E-state index in [1.807, 2.05) is 29.2 Å². The van der Waals surface area contributed by atoms with Crippen molar-refractivity contribution in [1.82, 2.24) is 5.43 Å². The minimum atomic E-state index is -0.908. The highest BCUT2D eigenvalue weighted by atomic mass is 32.2. The fourth-order valence-corrected chi connectivity index (χ4v) is 5.32. The number of fused-ring (bicyclic) bond motifs is 3. The van der Waals surface area contributed by atoms with Crippen molar-refractivity contribution in [2.75, 3.05) is 11.4 Å². The molecule has 0 aromatic heterocycles. The number of hydrazone groups is 1. The molecule has 3 aliphatic rings. The van der Waals surface area contributed by atoms with Gasteiger partial charge in [-0.25, -0.2) is 0 Å². The lowest BCUT2D eigenvalue weighted by molar-refractivity contribution is -0.120. The lowest BCUT2D eigenvalue weighted by Gasteiger charge is -2.22. The molecule has 1 spiro atoms. The first kappa shape index (κ1) is 18.9. The third kappa shape index (κ3) is 2.92. The van der Waals surface area contributed by atoms with Crippen LogP contribution < -0.4 is 10.3 Å². The van der Waals surface area contributed by atoms with Crippen molar-refractivity contribution >= 4 is 40.6 Å². The van der Waals surface area contributed by atoms with E-state index in [4.69, 9.17) is 0 Å². The van der Waals surface area contributed by atoms with Crippen molar-refractivity contribution in [3.05, 3.63) is 88.5 Å². The molecule has 2 aromatic carbocycles. The largest absolute Gasteiger partial charge is 0.305 e. The van der Waals surface area contributed by atoms with Crippen molar-refractivity contribution in [3.63, 3.8) is 0 Å². The van der Waals surface area contributed by atoms with Gasteiger partial charge in [0.1, 0.15) is 5.04 Å². The van der Waals surface area contributed by atoms with E-state index in [2.05, 4.69) is 73.0 Å². The van der Waals surface area contributed by atoms with Crippen molar-refractivity contribution in [3.8, 4) is 0 Å². The van der Waals surface area contributed by atoms with Crippen LogP contribution in [0.1, 0.15) is 42.5 Å². The minimum absolute atomic E-state index is 0.0300. The lowest BCUT2D eigenvalue weighted by Crippen LogP contribution is -2.44. The fourth-order valence-electron chi connectivity index (χ4n) is 4.08. The monoisotopic (exact) mass is 413 g/mol. The molecular weight excluding hydrogens is 390 g/mol. The molecular formula is C25H23N3OS. The van der Waals surface area contributed by atoms with Gasteiger partial charge in [0.25, 0.3) is 5.91 Å². The van der Waals surface area contributed by atoms with Crippen LogP contribution in [0, 0.1) is 0 Å². The van der Waals surface area contributed by atoms with Gasteiger partial charge in [0.05, 0.1) is 5.69 Å². The van der Waals surface area contributed by atoms with Crippen LogP contribution in [-0.4, -0.2) is 17.5 Å². The maximum absolute atomic E-state index is 13.6. The highest BCUT2D eigenvalue weighted by Gasteiger charge is 2.55. The number of allylic oxidation sites excluding steroid dienone is 3. The Labute approximate surface area is 181 Å². The molecule has 0 saturated heterocycles. The molecule has 5 rings (SSSR count). The molecule has 2 aliphatic heterocycles. The Morgan fingerprint density at radius 1 is 1.17 bits per heavy atom. The van der Waals surface area contributed by atoms with Crippen LogP contribution in [0.25, 0.3) is 12.2 Å². The molecule has 0 radical (unpaired) electrons. The molecule has 1 aliphatic carbocycles. The number of amides is 1. The molecule has 4 nitrogen and oxygen atoms in total. The van der Waals surface area contributed by atoms with Crippen LogP contribution in [0.4, 0.5) is 5.69 Å². The number of para-hydroxylation sites is 1. The van der Waals surface area contributed by atoms with E-state index in [0.29, 0.717) is 6.54 Å². The first-order valence-corrected chi connectivity index (χ1v) is 11.0. The van der Waals surface area contributed by atoms with Gasteiger partial charge in [-0.2, -0.15) is 5.10 Å². The summed E-state index contributed by atoms with van der Waals surface area (Å²) in [5.41, 5.74) is 9.71. The average molecular weight is 414 g/mol. The molecule has 0 fully saturated rings. The van der Waals surface area contributed by atoms with E-state index in [-0.39, 0.29) is 5.91 Å². The summed E-state index contributed by atoms with van der Waals surface area (Å²) in [5.74, 6) is 0.0300. The normalized spacial score (nSPS) is 21.2. The average Bonchev–Trinajstić information content (AvgIpc) is 3.17. The Bertz CT molecular complexity index is 1160. The van der Waals surface area contributed by atoms with Crippen molar-refractivity contribution in [2.24, 2.45) is 5.10 Å². The number of nitrogens with zero attached hydrogens (tertiary/aromatic N) is 2. The molecule has 1 N–H and O–H groups in total. The summed E-state index contributed by atoms with van der Waals surface area (Å²) in [6.07, 6.45) is 11.6. The zero-order valence-electron chi connectivity index (χ0n) is 17.1. The van der Waals surface area contributed by atoms with Crippen LogP contribution >= 0.6 is 11.8 Å². The van der Waals surface area contributed by atoms with Gasteiger partial charge in [0.15, 0.2) is 0 Å². The predicted molar refractivity (Wildman–Crippen MR) is 126 cm³/mol. The van der Waals surface area contributed by atoms with Gasteiger partial charge in [-0.15, -0.1) is 0 Å². The fraction of sp³-hybridized carbons (Fsp3) is 0.200. The first-order valence-electron chi connectivity index (χ1n) is 10.2. The number of anilines is 1. The number of thioether (sulfide) groups is 1. The number of rotatable bonds is 3. The van der Waals surface area contributed by atoms with Crippen molar-refractivity contribution in [1.29, 1.82) is 0 Å². The smallest absolute Gasteiger partial charge is 0.270 e. The van der Waals surface area contributed by atoms with Crippen molar-refractivity contribution in [2.45, 2.75) is 25.1 Å². The maximum atomic E-state index is 13.6. The van der Waals surface area contributed by atoms with Gasteiger partial charge >= 0.3 is 0 Å². The van der Waals surface area contributed by atoms with E-state index >= 15 is 0 Å². The number of carbonyl (C=O) groups excluding carboxylic acids is 1. The Morgan fingerprint density at radius 2 is 2.00 bits per heavy atom. The van der Waals surface area contributed by atoms with Gasteiger partial charge in [-0.1, -0.05) is 84.1 Å². The minimum Gasteiger partial charge on any atom is -0.305 e. The van der Waals surface area contributed by atoms with E-state index in [0.717, 1.165) is 33.8 Å². The number of carbonyl (C=O) groups is 1. The second-order valence-corrected chi connectivity index (χ2v) is 9.08. The molecule has 150 valence electrons. The van der Waals surface area contributed by atoms with Crippen LogP contribution in [0.3, 0.4) is 0 Å². The summed E-state index contributed by atoms with van der Waals surface area (Å²) in [4.78, 5) is 14.6. The SMILES string of the molecule is CC(C)=CCN1C(=O)C2(NN=C(c3cccc4c3C=CCC=C4)S2)c2ccccc21. The summed E-state index contributed by atoms with van der Waals surface area (Å²) in [7, 11) is 0. The van der Waals surface area contributed by atoms with Gasteiger partial charge in [-0.05, 0) is 37.5 Å². The Hall–Kier alpha value is -3.05. The summed E-state index contributed by atoms with van der Waals surface area (Å²) < 4.78 is 0. The molecule has 1 atom stereocenters. The Kier molecular flexibility index (Phi) is 4.63. The van der Waals surface area contributed by atoms with E-state index in [9.17, 15) is 4.79 Å². The van der Waals surface area contributed by atoms with E-state index in [1.165, 1.54) is 22.9 Å². The van der Waals surface area contributed by atoms with E-state index in [1.54, 1.807) is 0 Å². The maximum Gasteiger partial charge on any atom is 0.270 e. The molecule has 0 saturated carbocycles. The van der Waals surface area contributed by atoms with Gasteiger partial charge < -0.3 is 4.90 Å². The highest BCUT2D eigenvalue weighted by molar-refractivity contribution is 8.16. The number of hydrogen-bond donors (Lipinski definition) is 1. The molecule has 0 bridgehead atoms. The van der Waals surface area contributed by atoms with E-state index < -0.39 is 4.87 Å². The standard InChI is InChI=1S/C25H23N3OS/c1-17(2)15-16-28-22-14-7-6-13-21(22)25(24(28)29)27-26-23(30-25)20-12-8-10-18-9-4-3-5-11-19(18)20/h4-15,27H,3,16H2,1-2H3. The zero-order valence-corrected chi connectivity index (χ0v) is 17.9. The number of nitrogens with one attached hydrogen (secondary N) is 1. The third-order valence-corrected chi connectivity index (χ3v) is 6.89.